The number of aromatic amines is 1. The van der Waals surface area contributed by atoms with E-state index in [1.807, 2.05) is 55.1 Å². The summed E-state index contributed by atoms with van der Waals surface area (Å²) in [6.45, 7) is 4.09. The SMILES string of the molecule is Cc1nn(C)c(C)c1-c1nc(-c2ccccc2)c(-c2ccccc2)[nH]1. The van der Waals surface area contributed by atoms with Gasteiger partial charge in [-0.3, -0.25) is 4.68 Å². The second kappa shape index (κ2) is 6.06. The summed E-state index contributed by atoms with van der Waals surface area (Å²) in [7, 11) is 1.96. The lowest BCUT2D eigenvalue weighted by molar-refractivity contribution is 0.731. The molecule has 0 radical (unpaired) electrons. The van der Waals surface area contributed by atoms with Crippen LogP contribution in [0.25, 0.3) is 33.9 Å². The summed E-state index contributed by atoms with van der Waals surface area (Å²) in [6, 6.07) is 20.6. The molecule has 0 aliphatic heterocycles. The average Bonchev–Trinajstić information content (AvgIpc) is 3.18. The van der Waals surface area contributed by atoms with Crippen molar-refractivity contribution in [1.29, 1.82) is 0 Å². The van der Waals surface area contributed by atoms with E-state index in [4.69, 9.17) is 4.98 Å². The van der Waals surface area contributed by atoms with Crippen LogP contribution >= 0.6 is 0 Å². The number of nitrogens with one attached hydrogen (secondary N) is 1. The van der Waals surface area contributed by atoms with Crippen LogP contribution in [-0.2, 0) is 7.05 Å². The van der Waals surface area contributed by atoms with Gasteiger partial charge in [-0.1, -0.05) is 60.7 Å². The number of rotatable bonds is 3. The van der Waals surface area contributed by atoms with Crippen molar-refractivity contribution in [2.75, 3.05) is 0 Å². The van der Waals surface area contributed by atoms with Crippen molar-refractivity contribution in [3.05, 3.63) is 72.1 Å². The fraction of sp³-hybridized carbons (Fsp3) is 0.143. The predicted molar refractivity (Wildman–Crippen MR) is 101 cm³/mol. The predicted octanol–water partition coefficient (Wildman–Crippen LogP) is 4.76. The number of benzene rings is 2. The summed E-state index contributed by atoms with van der Waals surface area (Å²) in [4.78, 5) is 8.50. The van der Waals surface area contributed by atoms with Crippen molar-refractivity contribution < 1.29 is 0 Å². The molecule has 4 aromatic rings. The van der Waals surface area contributed by atoms with Crippen LogP contribution in [0.15, 0.2) is 60.7 Å². The van der Waals surface area contributed by atoms with Crippen LogP contribution in [0.4, 0.5) is 0 Å². The normalized spacial score (nSPS) is 11.0. The molecule has 0 saturated heterocycles. The summed E-state index contributed by atoms with van der Waals surface area (Å²) in [6.07, 6.45) is 0. The maximum Gasteiger partial charge on any atom is 0.142 e. The van der Waals surface area contributed by atoms with E-state index in [0.29, 0.717) is 0 Å². The Hall–Kier alpha value is -3.14. The van der Waals surface area contributed by atoms with Crippen molar-refractivity contribution >= 4 is 0 Å². The minimum absolute atomic E-state index is 0.862. The summed E-state index contributed by atoms with van der Waals surface area (Å²) < 4.78 is 1.90. The topological polar surface area (TPSA) is 46.5 Å². The van der Waals surface area contributed by atoms with Crippen molar-refractivity contribution in [2.24, 2.45) is 7.05 Å². The third-order valence-corrected chi connectivity index (χ3v) is 4.56. The molecular formula is C21H20N4. The molecule has 0 fully saturated rings. The van der Waals surface area contributed by atoms with Crippen LogP contribution in [0, 0.1) is 13.8 Å². The lowest BCUT2D eigenvalue weighted by Gasteiger charge is -2.02. The molecule has 2 aromatic heterocycles. The maximum absolute atomic E-state index is 4.95. The van der Waals surface area contributed by atoms with E-state index in [9.17, 15) is 0 Å². The molecule has 0 amide bonds. The quantitative estimate of drug-likeness (QED) is 0.589. The van der Waals surface area contributed by atoms with Gasteiger partial charge in [-0.2, -0.15) is 5.10 Å². The minimum Gasteiger partial charge on any atom is -0.337 e. The molecule has 4 rings (SSSR count). The monoisotopic (exact) mass is 328 g/mol. The average molecular weight is 328 g/mol. The highest BCUT2D eigenvalue weighted by molar-refractivity contribution is 5.81. The Morgan fingerprint density at radius 1 is 0.840 bits per heavy atom. The van der Waals surface area contributed by atoms with Crippen molar-refractivity contribution in [3.63, 3.8) is 0 Å². The van der Waals surface area contributed by atoms with Crippen LogP contribution in [0.5, 0.6) is 0 Å². The van der Waals surface area contributed by atoms with Gasteiger partial charge < -0.3 is 4.98 Å². The third kappa shape index (κ3) is 2.66. The first kappa shape index (κ1) is 15.4. The number of H-pyrrole nitrogens is 1. The van der Waals surface area contributed by atoms with Crippen molar-refractivity contribution in [2.45, 2.75) is 13.8 Å². The standard InChI is InChI=1S/C21H20N4/c1-14-18(15(2)25(3)24-14)21-22-19(16-10-6-4-7-11-16)20(23-21)17-12-8-5-9-13-17/h4-13H,1-3H3,(H,22,23). The first-order chi connectivity index (χ1) is 12.1. The molecule has 4 nitrogen and oxygen atoms in total. The van der Waals surface area contributed by atoms with Gasteiger partial charge in [0.05, 0.1) is 22.6 Å². The fourth-order valence-electron chi connectivity index (χ4n) is 3.23. The van der Waals surface area contributed by atoms with Crippen molar-refractivity contribution in [3.8, 4) is 33.9 Å². The summed E-state index contributed by atoms with van der Waals surface area (Å²) in [5.74, 6) is 0.862. The highest BCUT2D eigenvalue weighted by Gasteiger charge is 2.19. The number of aromatic nitrogens is 4. The van der Waals surface area contributed by atoms with Gasteiger partial charge in [-0.15, -0.1) is 0 Å². The molecule has 0 bridgehead atoms. The van der Waals surface area contributed by atoms with E-state index in [1.54, 1.807) is 0 Å². The molecule has 2 heterocycles. The van der Waals surface area contributed by atoms with Gasteiger partial charge in [0.25, 0.3) is 0 Å². The molecule has 1 N–H and O–H groups in total. The van der Waals surface area contributed by atoms with Crippen LogP contribution < -0.4 is 0 Å². The molecule has 0 saturated carbocycles. The van der Waals surface area contributed by atoms with Gasteiger partial charge in [0.1, 0.15) is 5.82 Å². The Balaban J connectivity index is 1.96. The smallest absolute Gasteiger partial charge is 0.142 e. The Morgan fingerprint density at radius 3 is 2.00 bits per heavy atom. The highest BCUT2D eigenvalue weighted by Crippen LogP contribution is 2.34. The van der Waals surface area contributed by atoms with E-state index in [0.717, 1.165) is 45.3 Å². The van der Waals surface area contributed by atoms with Gasteiger partial charge in [0, 0.05) is 23.9 Å². The number of imidazole rings is 1. The van der Waals surface area contributed by atoms with E-state index in [2.05, 4.69) is 41.3 Å². The fourth-order valence-corrected chi connectivity index (χ4v) is 3.23. The van der Waals surface area contributed by atoms with Gasteiger partial charge >= 0.3 is 0 Å². The van der Waals surface area contributed by atoms with Gasteiger partial charge in [0.2, 0.25) is 0 Å². The second-order valence-electron chi connectivity index (χ2n) is 6.21. The van der Waals surface area contributed by atoms with Crippen LogP contribution in [0.2, 0.25) is 0 Å². The Bertz CT molecular complexity index is 954. The molecule has 2 aromatic carbocycles. The number of hydrogen-bond acceptors (Lipinski definition) is 2. The minimum atomic E-state index is 0.862. The lowest BCUT2D eigenvalue weighted by Crippen LogP contribution is -1.93. The first-order valence-electron chi connectivity index (χ1n) is 8.36. The number of aryl methyl sites for hydroxylation is 2. The maximum atomic E-state index is 4.95. The summed E-state index contributed by atoms with van der Waals surface area (Å²) in [5, 5.41) is 4.53. The molecule has 0 unspecified atom stereocenters. The van der Waals surface area contributed by atoms with Crippen LogP contribution in [0.1, 0.15) is 11.4 Å². The van der Waals surface area contributed by atoms with Gasteiger partial charge in [0.15, 0.2) is 0 Å². The summed E-state index contributed by atoms with van der Waals surface area (Å²) >= 11 is 0. The summed E-state index contributed by atoms with van der Waals surface area (Å²) in [5.41, 5.74) is 7.37. The molecule has 0 spiro atoms. The van der Waals surface area contributed by atoms with Crippen LogP contribution in [0.3, 0.4) is 0 Å². The second-order valence-corrected chi connectivity index (χ2v) is 6.21. The molecule has 0 aliphatic carbocycles. The van der Waals surface area contributed by atoms with E-state index in [-0.39, 0.29) is 0 Å². The number of hydrogen-bond donors (Lipinski definition) is 1. The zero-order valence-corrected chi connectivity index (χ0v) is 14.6. The Kier molecular flexibility index (Phi) is 3.73. The zero-order chi connectivity index (χ0) is 17.4. The molecule has 25 heavy (non-hydrogen) atoms. The van der Waals surface area contributed by atoms with E-state index in [1.165, 1.54) is 0 Å². The third-order valence-electron chi connectivity index (χ3n) is 4.56. The highest BCUT2D eigenvalue weighted by atomic mass is 15.3. The van der Waals surface area contributed by atoms with E-state index < -0.39 is 0 Å². The van der Waals surface area contributed by atoms with E-state index >= 15 is 0 Å². The first-order valence-corrected chi connectivity index (χ1v) is 8.36. The number of nitrogens with zero attached hydrogens (tertiary/aromatic N) is 3. The zero-order valence-electron chi connectivity index (χ0n) is 14.6. The molecule has 0 aliphatic rings. The van der Waals surface area contributed by atoms with Crippen LogP contribution in [-0.4, -0.2) is 19.7 Å². The largest absolute Gasteiger partial charge is 0.337 e. The Labute approximate surface area is 147 Å². The molecule has 124 valence electrons. The van der Waals surface area contributed by atoms with Gasteiger partial charge in [-0.05, 0) is 13.8 Å². The molecule has 4 heteroatoms. The molecular weight excluding hydrogens is 308 g/mol. The Morgan fingerprint density at radius 2 is 1.44 bits per heavy atom. The lowest BCUT2D eigenvalue weighted by atomic mass is 10.1. The van der Waals surface area contributed by atoms with Crippen molar-refractivity contribution in [1.82, 2.24) is 19.7 Å². The molecule has 0 atom stereocenters. The van der Waals surface area contributed by atoms with Gasteiger partial charge in [-0.25, -0.2) is 4.98 Å².